The van der Waals surface area contributed by atoms with Crippen LogP contribution >= 0.6 is 15.9 Å². The van der Waals surface area contributed by atoms with Crippen LogP contribution in [0.2, 0.25) is 0 Å². The number of hydrogen-bond acceptors (Lipinski definition) is 2. The van der Waals surface area contributed by atoms with Crippen LogP contribution in [0.25, 0.3) is 0 Å². The SMILES string of the molecule is CC1OCCC1C(Br)c1ccc2c(c1)CCO2. The Morgan fingerprint density at radius 3 is 3.00 bits per heavy atom. The van der Waals surface area contributed by atoms with Gasteiger partial charge in [-0.3, -0.25) is 0 Å². The molecule has 3 unspecified atom stereocenters. The van der Waals surface area contributed by atoms with Crippen molar-refractivity contribution >= 4 is 15.9 Å². The fourth-order valence-electron chi connectivity index (χ4n) is 2.76. The van der Waals surface area contributed by atoms with E-state index in [9.17, 15) is 0 Å². The van der Waals surface area contributed by atoms with E-state index in [1.54, 1.807) is 0 Å². The predicted octanol–water partition coefficient (Wildman–Crippen LogP) is 3.48. The minimum atomic E-state index is 0.351. The zero-order chi connectivity index (χ0) is 11.8. The lowest BCUT2D eigenvalue weighted by molar-refractivity contribution is 0.105. The standard InChI is InChI=1S/C14H17BrO2/c1-9-12(5-7-16-9)14(15)11-2-3-13-10(8-11)4-6-17-13/h2-3,8-9,12,14H,4-7H2,1H3. The van der Waals surface area contributed by atoms with Gasteiger partial charge in [-0.25, -0.2) is 0 Å². The van der Waals surface area contributed by atoms with Crippen molar-refractivity contribution in [2.75, 3.05) is 13.2 Å². The third kappa shape index (κ3) is 2.11. The van der Waals surface area contributed by atoms with Crippen LogP contribution in [-0.4, -0.2) is 19.3 Å². The third-order valence-electron chi connectivity index (χ3n) is 3.84. The second-order valence-corrected chi connectivity index (χ2v) is 5.88. The quantitative estimate of drug-likeness (QED) is 0.778. The van der Waals surface area contributed by atoms with Gasteiger partial charge in [0.25, 0.3) is 0 Å². The summed E-state index contributed by atoms with van der Waals surface area (Å²) in [5, 5.41) is 0. The van der Waals surface area contributed by atoms with Gasteiger partial charge in [0.1, 0.15) is 5.75 Å². The van der Waals surface area contributed by atoms with E-state index in [-0.39, 0.29) is 0 Å². The fraction of sp³-hybridized carbons (Fsp3) is 0.571. The highest BCUT2D eigenvalue weighted by molar-refractivity contribution is 9.09. The Hall–Kier alpha value is -0.540. The second-order valence-electron chi connectivity index (χ2n) is 4.90. The molecular formula is C14H17BrO2. The minimum Gasteiger partial charge on any atom is -0.493 e. The zero-order valence-electron chi connectivity index (χ0n) is 9.99. The minimum absolute atomic E-state index is 0.351. The maximum Gasteiger partial charge on any atom is 0.122 e. The molecule has 0 amide bonds. The van der Waals surface area contributed by atoms with Crippen molar-refractivity contribution in [2.24, 2.45) is 5.92 Å². The molecule has 92 valence electrons. The van der Waals surface area contributed by atoms with Crippen molar-refractivity contribution in [2.45, 2.75) is 30.7 Å². The largest absolute Gasteiger partial charge is 0.493 e. The molecule has 2 aliphatic rings. The Kier molecular flexibility index (Phi) is 3.14. The van der Waals surface area contributed by atoms with Crippen molar-refractivity contribution in [3.05, 3.63) is 29.3 Å². The van der Waals surface area contributed by atoms with Crippen LogP contribution in [0.5, 0.6) is 5.75 Å². The Balaban J connectivity index is 1.83. The summed E-state index contributed by atoms with van der Waals surface area (Å²) in [7, 11) is 0. The zero-order valence-corrected chi connectivity index (χ0v) is 11.6. The van der Waals surface area contributed by atoms with Gasteiger partial charge < -0.3 is 9.47 Å². The average Bonchev–Trinajstić information content (AvgIpc) is 2.95. The van der Waals surface area contributed by atoms with Gasteiger partial charge >= 0.3 is 0 Å². The summed E-state index contributed by atoms with van der Waals surface area (Å²) in [6.45, 7) is 3.89. The highest BCUT2D eigenvalue weighted by Gasteiger charge is 2.31. The summed E-state index contributed by atoms with van der Waals surface area (Å²) in [4.78, 5) is 0.394. The fourth-order valence-corrected chi connectivity index (χ4v) is 3.74. The first kappa shape index (κ1) is 11.5. The molecule has 0 spiro atoms. The second kappa shape index (κ2) is 4.62. The predicted molar refractivity (Wildman–Crippen MR) is 70.8 cm³/mol. The molecule has 3 atom stereocenters. The van der Waals surface area contributed by atoms with Gasteiger partial charge in [0.2, 0.25) is 0 Å². The lowest BCUT2D eigenvalue weighted by atomic mass is 9.93. The van der Waals surface area contributed by atoms with Crippen molar-refractivity contribution in [3.63, 3.8) is 0 Å². The Morgan fingerprint density at radius 2 is 2.24 bits per heavy atom. The molecular weight excluding hydrogens is 280 g/mol. The molecule has 0 bridgehead atoms. The first-order chi connectivity index (χ1) is 8.25. The van der Waals surface area contributed by atoms with Gasteiger partial charge in [-0.2, -0.15) is 0 Å². The van der Waals surface area contributed by atoms with Crippen molar-refractivity contribution in [1.82, 2.24) is 0 Å². The van der Waals surface area contributed by atoms with Gasteiger partial charge in [-0.05, 0) is 30.5 Å². The number of ether oxygens (including phenoxy) is 2. The summed E-state index contributed by atoms with van der Waals surface area (Å²) in [6.07, 6.45) is 2.54. The summed E-state index contributed by atoms with van der Waals surface area (Å²) >= 11 is 3.84. The number of alkyl halides is 1. The summed E-state index contributed by atoms with van der Waals surface area (Å²) in [5.74, 6) is 1.64. The Bertz CT molecular complexity index is 419. The van der Waals surface area contributed by atoms with Crippen molar-refractivity contribution < 1.29 is 9.47 Å². The van der Waals surface area contributed by atoms with Crippen LogP contribution in [-0.2, 0) is 11.2 Å². The topological polar surface area (TPSA) is 18.5 Å². The molecule has 2 nitrogen and oxygen atoms in total. The third-order valence-corrected chi connectivity index (χ3v) is 5.05. The molecule has 1 saturated heterocycles. The highest BCUT2D eigenvalue weighted by atomic mass is 79.9. The van der Waals surface area contributed by atoms with E-state index in [1.165, 1.54) is 11.1 Å². The molecule has 0 saturated carbocycles. The van der Waals surface area contributed by atoms with Gasteiger partial charge in [0.15, 0.2) is 0 Å². The molecule has 2 heterocycles. The number of hydrogen-bond donors (Lipinski definition) is 0. The lowest BCUT2D eigenvalue weighted by Gasteiger charge is -2.21. The summed E-state index contributed by atoms with van der Waals surface area (Å²) < 4.78 is 11.2. The van der Waals surface area contributed by atoms with E-state index in [0.29, 0.717) is 16.8 Å². The monoisotopic (exact) mass is 296 g/mol. The van der Waals surface area contributed by atoms with E-state index in [4.69, 9.17) is 9.47 Å². The van der Waals surface area contributed by atoms with E-state index in [1.807, 2.05) is 0 Å². The molecule has 0 radical (unpaired) electrons. The summed E-state index contributed by atoms with van der Waals surface area (Å²) in [5.41, 5.74) is 2.70. The molecule has 1 fully saturated rings. The number of halogens is 1. The van der Waals surface area contributed by atoms with Crippen molar-refractivity contribution in [3.8, 4) is 5.75 Å². The summed E-state index contributed by atoms with van der Waals surface area (Å²) in [6, 6.07) is 6.56. The molecule has 0 N–H and O–H groups in total. The number of rotatable bonds is 2. The van der Waals surface area contributed by atoms with Crippen LogP contribution in [0.15, 0.2) is 18.2 Å². The molecule has 3 rings (SSSR count). The van der Waals surface area contributed by atoms with E-state index >= 15 is 0 Å². The molecule has 1 aromatic rings. The molecule has 2 aliphatic heterocycles. The normalized spacial score (nSPS) is 28.8. The van der Waals surface area contributed by atoms with Crippen LogP contribution in [0.3, 0.4) is 0 Å². The van der Waals surface area contributed by atoms with E-state index in [2.05, 4.69) is 41.1 Å². The van der Waals surface area contributed by atoms with Gasteiger partial charge in [-0.15, -0.1) is 0 Å². The maximum atomic E-state index is 5.65. The van der Waals surface area contributed by atoms with Crippen LogP contribution in [0.1, 0.15) is 29.3 Å². The van der Waals surface area contributed by atoms with Crippen LogP contribution < -0.4 is 4.74 Å². The lowest BCUT2D eigenvalue weighted by Crippen LogP contribution is -2.16. The number of benzene rings is 1. The maximum absolute atomic E-state index is 5.65. The molecule has 1 aromatic carbocycles. The molecule has 0 aromatic heterocycles. The van der Waals surface area contributed by atoms with Crippen LogP contribution in [0, 0.1) is 5.92 Å². The Morgan fingerprint density at radius 1 is 1.35 bits per heavy atom. The van der Waals surface area contributed by atoms with Gasteiger partial charge in [0, 0.05) is 23.8 Å². The first-order valence-electron chi connectivity index (χ1n) is 6.27. The smallest absolute Gasteiger partial charge is 0.122 e. The van der Waals surface area contributed by atoms with E-state index < -0.39 is 0 Å². The number of fused-ring (bicyclic) bond motifs is 1. The van der Waals surface area contributed by atoms with Gasteiger partial charge in [-0.1, -0.05) is 28.1 Å². The van der Waals surface area contributed by atoms with Gasteiger partial charge in [0.05, 0.1) is 12.7 Å². The van der Waals surface area contributed by atoms with Crippen LogP contribution in [0.4, 0.5) is 0 Å². The Labute approximate surface area is 110 Å². The van der Waals surface area contributed by atoms with Crippen molar-refractivity contribution in [1.29, 1.82) is 0 Å². The molecule has 17 heavy (non-hydrogen) atoms. The van der Waals surface area contributed by atoms with E-state index in [0.717, 1.165) is 31.8 Å². The molecule has 3 heteroatoms. The molecule has 0 aliphatic carbocycles. The average molecular weight is 297 g/mol. The highest BCUT2D eigenvalue weighted by Crippen LogP contribution is 2.41. The first-order valence-corrected chi connectivity index (χ1v) is 7.18.